The van der Waals surface area contributed by atoms with Crippen molar-refractivity contribution in [3.63, 3.8) is 0 Å². The molecule has 0 unspecified atom stereocenters. The molecule has 1 saturated carbocycles. The van der Waals surface area contributed by atoms with Gasteiger partial charge in [-0.1, -0.05) is 18.9 Å². The van der Waals surface area contributed by atoms with E-state index in [0.717, 1.165) is 30.2 Å². The first-order chi connectivity index (χ1) is 11.8. The molecule has 0 saturated heterocycles. The molecular formula is C16H19N7O. The second-order valence-electron chi connectivity index (χ2n) is 6.11. The van der Waals surface area contributed by atoms with E-state index >= 15 is 0 Å². The summed E-state index contributed by atoms with van der Waals surface area (Å²) in [5, 5.41) is 11.1. The van der Waals surface area contributed by atoms with Crippen molar-refractivity contribution in [2.45, 2.75) is 38.3 Å². The second-order valence-corrected chi connectivity index (χ2v) is 6.11. The molecule has 124 valence electrons. The Hall–Kier alpha value is -2.77. The average molecular weight is 325 g/mol. The van der Waals surface area contributed by atoms with Gasteiger partial charge in [0, 0.05) is 19.3 Å². The highest BCUT2D eigenvalue weighted by Crippen LogP contribution is 2.28. The molecule has 4 rings (SSSR count). The first-order valence-corrected chi connectivity index (χ1v) is 8.17. The standard InChI is InChI=1S/C16H19N7O/c1-23(10-12-8-4-5-9-17-12)16-15(18-11-6-2-3-7-11)19-13-14(20-16)22-24-21-13/h4-5,8-9,11H,2-3,6-7,10H2,1H3,(H,18,19,21). The van der Waals surface area contributed by atoms with Gasteiger partial charge in [-0.2, -0.15) is 0 Å². The molecule has 3 aromatic rings. The summed E-state index contributed by atoms with van der Waals surface area (Å²) in [5.74, 6) is 1.46. The molecule has 0 amide bonds. The zero-order chi connectivity index (χ0) is 16.4. The zero-order valence-corrected chi connectivity index (χ0v) is 13.5. The van der Waals surface area contributed by atoms with Gasteiger partial charge in [0.1, 0.15) is 0 Å². The molecule has 0 spiro atoms. The van der Waals surface area contributed by atoms with Crippen molar-refractivity contribution in [3.05, 3.63) is 30.1 Å². The van der Waals surface area contributed by atoms with Gasteiger partial charge >= 0.3 is 0 Å². The maximum Gasteiger partial charge on any atom is 0.245 e. The summed E-state index contributed by atoms with van der Waals surface area (Å²) >= 11 is 0. The lowest BCUT2D eigenvalue weighted by Gasteiger charge is -2.22. The Bertz CT molecular complexity index is 814. The predicted octanol–water partition coefficient (Wildman–Crippen LogP) is 2.40. The highest BCUT2D eigenvalue weighted by molar-refractivity contribution is 5.74. The fourth-order valence-electron chi connectivity index (χ4n) is 3.07. The molecule has 0 aromatic carbocycles. The third kappa shape index (κ3) is 2.99. The van der Waals surface area contributed by atoms with Crippen molar-refractivity contribution in [3.8, 4) is 0 Å². The Labute approximate surface area is 139 Å². The second kappa shape index (κ2) is 6.38. The van der Waals surface area contributed by atoms with E-state index in [-0.39, 0.29) is 0 Å². The van der Waals surface area contributed by atoms with E-state index in [1.54, 1.807) is 6.20 Å². The van der Waals surface area contributed by atoms with Gasteiger partial charge in [-0.3, -0.25) is 4.98 Å². The van der Waals surface area contributed by atoms with E-state index in [4.69, 9.17) is 4.63 Å². The maximum absolute atomic E-state index is 4.76. The van der Waals surface area contributed by atoms with Crippen LogP contribution in [-0.4, -0.2) is 38.4 Å². The highest BCUT2D eigenvalue weighted by atomic mass is 16.6. The topological polar surface area (TPSA) is 92.9 Å². The van der Waals surface area contributed by atoms with Crippen molar-refractivity contribution in [2.24, 2.45) is 0 Å². The lowest BCUT2D eigenvalue weighted by Crippen LogP contribution is -2.23. The van der Waals surface area contributed by atoms with Gasteiger partial charge in [-0.05, 0) is 35.3 Å². The van der Waals surface area contributed by atoms with E-state index in [9.17, 15) is 0 Å². The van der Waals surface area contributed by atoms with Crippen LogP contribution >= 0.6 is 0 Å². The van der Waals surface area contributed by atoms with Crippen LogP contribution in [0.15, 0.2) is 29.0 Å². The molecular weight excluding hydrogens is 306 g/mol. The SMILES string of the molecule is CN(Cc1ccccn1)c1nc2nonc2nc1NC1CCCC1. The van der Waals surface area contributed by atoms with Gasteiger partial charge < -0.3 is 10.2 Å². The van der Waals surface area contributed by atoms with E-state index in [1.165, 1.54) is 12.8 Å². The first kappa shape index (κ1) is 14.8. The number of hydrogen-bond acceptors (Lipinski definition) is 8. The van der Waals surface area contributed by atoms with Gasteiger partial charge in [-0.25, -0.2) is 14.6 Å². The van der Waals surface area contributed by atoms with Gasteiger partial charge in [0.15, 0.2) is 11.6 Å². The Kier molecular flexibility index (Phi) is 3.94. The molecule has 1 aliphatic rings. The van der Waals surface area contributed by atoms with Crippen LogP contribution in [0.5, 0.6) is 0 Å². The van der Waals surface area contributed by atoms with Gasteiger partial charge in [0.05, 0.1) is 12.2 Å². The lowest BCUT2D eigenvalue weighted by molar-refractivity contribution is 0.314. The third-order valence-electron chi connectivity index (χ3n) is 4.28. The number of aromatic nitrogens is 5. The van der Waals surface area contributed by atoms with Crippen molar-refractivity contribution in [1.82, 2.24) is 25.3 Å². The van der Waals surface area contributed by atoms with Crippen LogP contribution in [0, 0.1) is 0 Å². The van der Waals surface area contributed by atoms with Crippen LogP contribution in [-0.2, 0) is 6.54 Å². The molecule has 8 nitrogen and oxygen atoms in total. The summed E-state index contributed by atoms with van der Waals surface area (Å²) in [5.41, 5.74) is 1.80. The highest BCUT2D eigenvalue weighted by Gasteiger charge is 2.21. The summed E-state index contributed by atoms with van der Waals surface area (Å²) in [7, 11) is 1.97. The molecule has 0 bridgehead atoms. The van der Waals surface area contributed by atoms with Crippen molar-refractivity contribution < 1.29 is 4.63 Å². The summed E-state index contributed by atoms with van der Waals surface area (Å²) < 4.78 is 4.76. The molecule has 0 atom stereocenters. The normalized spacial score (nSPS) is 15.0. The van der Waals surface area contributed by atoms with Crippen LogP contribution in [0.4, 0.5) is 11.6 Å². The van der Waals surface area contributed by atoms with Crippen molar-refractivity contribution in [1.29, 1.82) is 0 Å². The van der Waals surface area contributed by atoms with Gasteiger partial charge in [0.2, 0.25) is 11.3 Å². The van der Waals surface area contributed by atoms with Gasteiger partial charge in [-0.15, -0.1) is 0 Å². The minimum Gasteiger partial charge on any atom is -0.364 e. The van der Waals surface area contributed by atoms with Gasteiger partial charge in [0.25, 0.3) is 0 Å². The Morgan fingerprint density at radius 3 is 2.71 bits per heavy atom. The molecule has 0 radical (unpaired) electrons. The maximum atomic E-state index is 4.76. The quantitative estimate of drug-likeness (QED) is 0.764. The predicted molar refractivity (Wildman–Crippen MR) is 89.6 cm³/mol. The van der Waals surface area contributed by atoms with E-state index < -0.39 is 0 Å². The average Bonchev–Trinajstić information content (AvgIpc) is 3.26. The number of fused-ring (bicyclic) bond motifs is 1. The fourth-order valence-corrected chi connectivity index (χ4v) is 3.07. The summed E-state index contributed by atoms with van der Waals surface area (Å²) in [6.45, 7) is 0.631. The van der Waals surface area contributed by atoms with Crippen LogP contribution < -0.4 is 10.2 Å². The molecule has 3 heterocycles. The van der Waals surface area contributed by atoms with Crippen molar-refractivity contribution in [2.75, 3.05) is 17.3 Å². The van der Waals surface area contributed by atoms with E-state index in [2.05, 4.69) is 30.6 Å². The number of anilines is 2. The third-order valence-corrected chi connectivity index (χ3v) is 4.28. The smallest absolute Gasteiger partial charge is 0.245 e. The molecule has 1 aliphatic carbocycles. The minimum atomic E-state index is 0.412. The molecule has 1 fully saturated rings. The summed E-state index contributed by atoms with van der Waals surface area (Å²) in [4.78, 5) is 15.5. The number of rotatable bonds is 5. The molecule has 24 heavy (non-hydrogen) atoms. The fraction of sp³-hybridized carbons (Fsp3) is 0.438. The van der Waals surface area contributed by atoms with Crippen molar-refractivity contribution >= 4 is 22.9 Å². The van der Waals surface area contributed by atoms with Crippen LogP contribution in [0.3, 0.4) is 0 Å². The number of nitrogens with zero attached hydrogens (tertiary/aromatic N) is 6. The molecule has 8 heteroatoms. The zero-order valence-electron chi connectivity index (χ0n) is 13.5. The Morgan fingerprint density at radius 2 is 1.96 bits per heavy atom. The molecule has 0 aliphatic heterocycles. The summed E-state index contributed by atoms with van der Waals surface area (Å²) in [6.07, 6.45) is 6.59. The van der Waals surface area contributed by atoms with Crippen LogP contribution in [0.1, 0.15) is 31.4 Å². The Morgan fingerprint density at radius 1 is 1.17 bits per heavy atom. The lowest BCUT2D eigenvalue weighted by atomic mass is 10.2. The van der Waals surface area contributed by atoms with E-state index in [1.807, 2.05) is 30.1 Å². The Balaban J connectivity index is 1.65. The van der Waals surface area contributed by atoms with Crippen LogP contribution in [0.25, 0.3) is 11.3 Å². The monoisotopic (exact) mass is 325 g/mol. The number of nitrogens with one attached hydrogen (secondary N) is 1. The summed E-state index contributed by atoms with van der Waals surface area (Å²) in [6, 6.07) is 6.30. The molecule has 1 N–H and O–H groups in total. The first-order valence-electron chi connectivity index (χ1n) is 8.17. The minimum absolute atomic E-state index is 0.412. The number of hydrogen-bond donors (Lipinski definition) is 1. The number of pyridine rings is 1. The largest absolute Gasteiger partial charge is 0.364 e. The van der Waals surface area contributed by atoms with E-state index in [0.29, 0.717) is 23.9 Å². The molecule has 3 aromatic heterocycles. The van der Waals surface area contributed by atoms with Crippen LogP contribution in [0.2, 0.25) is 0 Å².